The zero-order chi connectivity index (χ0) is 14.9. The van der Waals surface area contributed by atoms with Crippen molar-refractivity contribution in [3.05, 3.63) is 22.1 Å². The van der Waals surface area contributed by atoms with Gasteiger partial charge in [-0.1, -0.05) is 6.92 Å². The van der Waals surface area contributed by atoms with Gasteiger partial charge >= 0.3 is 10.2 Å². The maximum Gasteiger partial charge on any atom is 0.302 e. The lowest BCUT2D eigenvalue weighted by molar-refractivity contribution is -0.117. The zero-order valence-corrected chi connectivity index (χ0v) is 11.6. The number of H-pyrrole nitrogens is 1. The molecule has 110 valence electrons. The van der Waals surface area contributed by atoms with Crippen LogP contribution in [0.25, 0.3) is 0 Å². The SMILES string of the molecule is CCc1cc(=O)[nH]c(N2CC(CS(=O)(=O)F)CC2=O)n1. The van der Waals surface area contributed by atoms with E-state index in [1.165, 1.54) is 11.0 Å². The van der Waals surface area contributed by atoms with Gasteiger partial charge in [0.05, 0.1) is 5.75 Å². The van der Waals surface area contributed by atoms with E-state index in [-0.39, 0.29) is 30.4 Å². The number of anilines is 1. The molecule has 0 radical (unpaired) electrons. The van der Waals surface area contributed by atoms with Gasteiger partial charge in [0.1, 0.15) is 0 Å². The fraction of sp³-hybridized carbons (Fsp3) is 0.545. The van der Waals surface area contributed by atoms with E-state index in [4.69, 9.17) is 0 Å². The third kappa shape index (κ3) is 3.41. The number of halogens is 1. The Hall–Kier alpha value is -1.77. The van der Waals surface area contributed by atoms with Gasteiger partial charge in [0.15, 0.2) is 0 Å². The first kappa shape index (κ1) is 14.6. The first-order valence-electron chi connectivity index (χ1n) is 6.11. The third-order valence-electron chi connectivity index (χ3n) is 3.04. The summed E-state index contributed by atoms with van der Waals surface area (Å²) in [4.78, 5) is 31.0. The van der Waals surface area contributed by atoms with Crippen molar-refractivity contribution in [2.45, 2.75) is 19.8 Å². The Kier molecular flexibility index (Phi) is 3.89. The predicted octanol–water partition coefficient (Wildman–Crippen LogP) is -0.0155. The van der Waals surface area contributed by atoms with Gasteiger partial charge < -0.3 is 0 Å². The second-order valence-corrected chi connectivity index (χ2v) is 6.10. The highest BCUT2D eigenvalue weighted by Gasteiger charge is 2.34. The van der Waals surface area contributed by atoms with Crippen LogP contribution in [0.5, 0.6) is 0 Å². The summed E-state index contributed by atoms with van der Waals surface area (Å²) in [5, 5.41) is 0. The van der Waals surface area contributed by atoms with Gasteiger partial charge in [-0.3, -0.25) is 19.5 Å². The van der Waals surface area contributed by atoms with E-state index >= 15 is 0 Å². The van der Waals surface area contributed by atoms with Crippen LogP contribution in [-0.2, 0) is 21.4 Å². The molecule has 9 heteroatoms. The van der Waals surface area contributed by atoms with Crippen LogP contribution in [0.2, 0.25) is 0 Å². The fourth-order valence-corrected chi connectivity index (χ4v) is 2.97. The van der Waals surface area contributed by atoms with E-state index < -0.39 is 21.9 Å². The van der Waals surface area contributed by atoms with Crippen molar-refractivity contribution in [3.8, 4) is 0 Å². The molecule has 1 fully saturated rings. The number of carbonyl (C=O) groups is 1. The van der Waals surface area contributed by atoms with Crippen LogP contribution >= 0.6 is 0 Å². The summed E-state index contributed by atoms with van der Waals surface area (Å²) in [7, 11) is -4.63. The molecular formula is C11H14FN3O4S. The van der Waals surface area contributed by atoms with Crippen molar-refractivity contribution in [2.75, 3.05) is 17.2 Å². The lowest BCUT2D eigenvalue weighted by Gasteiger charge is -2.15. The van der Waals surface area contributed by atoms with E-state index in [1.54, 1.807) is 0 Å². The summed E-state index contributed by atoms with van der Waals surface area (Å²) in [6.07, 6.45) is 0.449. The summed E-state index contributed by atoms with van der Waals surface area (Å²) in [5.74, 6) is -1.63. The van der Waals surface area contributed by atoms with Crippen LogP contribution in [0, 0.1) is 5.92 Å². The number of nitrogens with zero attached hydrogens (tertiary/aromatic N) is 2. The van der Waals surface area contributed by atoms with Crippen molar-refractivity contribution in [1.29, 1.82) is 0 Å². The second kappa shape index (κ2) is 5.31. The first-order chi connectivity index (χ1) is 9.28. The van der Waals surface area contributed by atoms with Crippen molar-refractivity contribution < 1.29 is 17.1 Å². The molecule has 1 aliphatic rings. The molecule has 0 saturated carbocycles. The van der Waals surface area contributed by atoms with Crippen LogP contribution in [0.1, 0.15) is 19.0 Å². The fourth-order valence-electron chi connectivity index (χ4n) is 2.18. The Morgan fingerprint density at radius 1 is 1.50 bits per heavy atom. The quantitative estimate of drug-likeness (QED) is 0.788. The minimum absolute atomic E-state index is 0.0259. The lowest BCUT2D eigenvalue weighted by Crippen LogP contribution is -2.29. The Bertz CT molecular complexity index is 685. The van der Waals surface area contributed by atoms with Gasteiger partial charge in [0.2, 0.25) is 11.9 Å². The lowest BCUT2D eigenvalue weighted by atomic mass is 10.1. The minimum atomic E-state index is -4.63. The average molecular weight is 303 g/mol. The Morgan fingerprint density at radius 2 is 2.20 bits per heavy atom. The van der Waals surface area contributed by atoms with Gasteiger partial charge in [0.25, 0.3) is 5.56 Å². The van der Waals surface area contributed by atoms with Crippen LogP contribution in [0.4, 0.5) is 9.83 Å². The Morgan fingerprint density at radius 3 is 2.80 bits per heavy atom. The van der Waals surface area contributed by atoms with Gasteiger partial charge in [-0.05, 0) is 6.42 Å². The summed E-state index contributed by atoms with van der Waals surface area (Å²) in [6, 6.07) is 1.33. The summed E-state index contributed by atoms with van der Waals surface area (Å²) in [6.45, 7) is 1.84. The molecule has 1 aromatic heterocycles. The van der Waals surface area contributed by atoms with Crippen LogP contribution in [-0.4, -0.2) is 36.6 Å². The number of amides is 1. The molecule has 1 saturated heterocycles. The highest BCUT2D eigenvalue weighted by Crippen LogP contribution is 2.23. The summed E-state index contributed by atoms with van der Waals surface area (Å²) in [5.41, 5.74) is 0.138. The number of aryl methyl sites for hydroxylation is 1. The number of hydrogen-bond acceptors (Lipinski definition) is 5. The molecule has 1 N–H and O–H groups in total. The molecule has 2 rings (SSSR count). The van der Waals surface area contributed by atoms with Crippen molar-refractivity contribution >= 4 is 22.1 Å². The standard InChI is InChI=1S/C11H14FN3O4S/c1-2-8-4-9(16)14-11(13-8)15-5-7(3-10(15)17)6-20(12,18)19/h4,7H,2-3,5-6H2,1H3,(H,13,14,16). The monoisotopic (exact) mass is 303 g/mol. The normalized spacial score (nSPS) is 19.6. The first-order valence-corrected chi connectivity index (χ1v) is 7.66. The second-order valence-electron chi connectivity index (χ2n) is 4.69. The molecule has 1 aliphatic heterocycles. The zero-order valence-electron chi connectivity index (χ0n) is 10.8. The molecule has 1 aromatic rings. The minimum Gasteiger partial charge on any atom is -0.292 e. The van der Waals surface area contributed by atoms with E-state index in [0.717, 1.165) is 0 Å². The van der Waals surface area contributed by atoms with Crippen molar-refractivity contribution in [3.63, 3.8) is 0 Å². The highest BCUT2D eigenvalue weighted by molar-refractivity contribution is 7.86. The van der Waals surface area contributed by atoms with Crippen LogP contribution in [0.15, 0.2) is 10.9 Å². The molecule has 1 unspecified atom stereocenters. The predicted molar refractivity (Wildman–Crippen MR) is 69.6 cm³/mol. The van der Waals surface area contributed by atoms with Gasteiger partial charge in [-0.15, -0.1) is 3.89 Å². The molecule has 0 aromatic carbocycles. The molecule has 0 spiro atoms. The third-order valence-corrected chi connectivity index (χ3v) is 3.91. The number of aromatic nitrogens is 2. The average Bonchev–Trinajstić information content (AvgIpc) is 2.66. The maximum atomic E-state index is 12.6. The number of hydrogen-bond donors (Lipinski definition) is 1. The number of carbonyl (C=O) groups excluding carboxylic acids is 1. The summed E-state index contributed by atoms with van der Waals surface area (Å²) < 4.78 is 33.9. The van der Waals surface area contributed by atoms with E-state index in [0.29, 0.717) is 12.1 Å². The van der Waals surface area contributed by atoms with Crippen molar-refractivity contribution in [1.82, 2.24) is 9.97 Å². The van der Waals surface area contributed by atoms with Gasteiger partial charge in [-0.25, -0.2) is 4.98 Å². The Labute approximate surface area is 115 Å². The molecule has 20 heavy (non-hydrogen) atoms. The maximum absolute atomic E-state index is 12.6. The molecule has 7 nitrogen and oxygen atoms in total. The number of nitrogens with one attached hydrogen (secondary N) is 1. The van der Waals surface area contributed by atoms with Gasteiger partial charge in [0, 0.05) is 30.6 Å². The summed E-state index contributed by atoms with van der Waals surface area (Å²) >= 11 is 0. The van der Waals surface area contributed by atoms with E-state index in [9.17, 15) is 21.9 Å². The van der Waals surface area contributed by atoms with Crippen LogP contribution in [0.3, 0.4) is 0 Å². The van der Waals surface area contributed by atoms with Gasteiger partial charge in [-0.2, -0.15) is 8.42 Å². The number of aromatic amines is 1. The highest BCUT2D eigenvalue weighted by atomic mass is 32.3. The molecule has 1 amide bonds. The van der Waals surface area contributed by atoms with Crippen LogP contribution < -0.4 is 10.5 Å². The van der Waals surface area contributed by atoms with E-state index in [2.05, 4.69) is 9.97 Å². The molecule has 0 bridgehead atoms. The largest absolute Gasteiger partial charge is 0.302 e. The topological polar surface area (TPSA) is 100 Å². The van der Waals surface area contributed by atoms with Crippen molar-refractivity contribution in [2.24, 2.45) is 5.92 Å². The molecular weight excluding hydrogens is 289 g/mol. The van der Waals surface area contributed by atoms with E-state index in [1.807, 2.05) is 6.92 Å². The number of rotatable bonds is 4. The molecule has 0 aliphatic carbocycles. The smallest absolute Gasteiger partial charge is 0.292 e. The molecule has 1 atom stereocenters. The molecule has 2 heterocycles. The Balaban J connectivity index is 2.24.